The summed E-state index contributed by atoms with van der Waals surface area (Å²) in [6, 6.07) is -0.485. The minimum absolute atomic E-state index is 0. The fourth-order valence-corrected chi connectivity index (χ4v) is 2.95. The number of carbonyl (C=O) groups excluding carboxylic acids is 1. The van der Waals surface area contributed by atoms with Gasteiger partial charge in [0.2, 0.25) is 15.9 Å². The van der Waals surface area contributed by atoms with E-state index in [4.69, 9.17) is 5.73 Å². The zero-order valence-electron chi connectivity index (χ0n) is 12.9. The fraction of sp³-hybridized carbons (Fsp3) is 0.923. The highest BCUT2D eigenvalue weighted by molar-refractivity contribution is 7.88. The van der Waals surface area contributed by atoms with Gasteiger partial charge in [-0.1, -0.05) is 32.1 Å². The highest BCUT2D eigenvalue weighted by Crippen LogP contribution is 2.26. The molecule has 126 valence electrons. The molecule has 1 rings (SSSR count). The molecule has 0 radical (unpaired) electrons. The number of likely N-dealkylation sites (N-methyl/N-ethyl adjacent to an activating group) is 1. The topological polar surface area (TPSA) is 92.5 Å². The van der Waals surface area contributed by atoms with E-state index >= 15 is 0 Å². The Hall–Kier alpha value is -0.370. The molecule has 1 saturated carbocycles. The standard InChI is InChI=1S/C13H27N3O3S.ClH/c1-16(20(2,18)19)9-8-15-13(17)12(14)10-11-6-4-3-5-7-11;/h11-12H,3-10,14H2,1-2H3,(H,15,17);1H/t12-;/m0./s1. The van der Waals surface area contributed by atoms with Crippen LogP contribution in [0.5, 0.6) is 0 Å². The highest BCUT2D eigenvalue weighted by Gasteiger charge is 2.21. The smallest absolute Gasteiger partial charge is 0.236 e. The number of nitrogens with zero attached hydrogens (tertiary/aromatic N) is 1. The summed E-state index contributed by atoms with van der Waals surface area (Å²) in [5.41, 5.74) is 5.91. The Morgan fingerprint density at radius 2 is 1.90 bits per heavy atom. The van der Waals surface area contributed by atoms with Crippen LogP contribution in [-0.2, 0) is 14.8 Å². The Balaban J connectivity index is 0.00000400. The number of sulfonamides is 1. The van der Waals surface area contributed by atoms with Gasteiger partial charge < -0.3 is 11.1 Å². The lowest BCUT2D eigenvalue weighted by Gasteiger charge is -2.24. The van der Waals surface area contributed by atoms with Crippen molar-refractivity contribution in [2.45, 2.75) is 44.6 Å². The van der Waals surface area contributed by atoms with Gasteiger partial charge in [0, 0.05) is 20.1 Å². The van der Waals surface area contributed by atoms with Crippen molar-refractivity contribution in [2.75, 3.05) is 26.4 Å². The fourth-order valence-electron chi connectivity index (χ4n) is 2.52. The molecule has 3 N–H and O–H groups in total. The Morgan fingerprint density at radius 3 is 2.43 bits per heavy atom. The molecule has 8 heteroatoms. The van der Waals surface area contributed by atoms with Gasteiger partial charge in [-0.15, -0.1) is 12.4 Å². The van der Waals surface area contributed by atoms with Crippen molar-refractivity contribution in [1.82, 2.24) is 9.62 Å². The van der Waals surface area contributed by atoms with Crippen LogP contribution >= 0.6 is 12.4 Å². The van der Waals surface area contributed by atoms with Gasteiger partial charge in [0.15, 0.2) is 0 Å². The minimum Gasteiger partial charge on any atom is -0.353 e. The van der Waals surface area contributed by atoms with Gasteiger partial charge in [0.25, 0.3) is 0 Å². The first kappa shape index (κ1) is 20.6. The van der Waals surface area contributed by atoms with Crippen LogP contribution in [0.25, 0.3) is 0 Å². The Kier molecular flexibility index (Phi) is 9.44. The maximum Gasteiger partial charge on any atom is 0.236 e. The molecule has 1 atom stereocenters. The highest BCUT2D eigenvalue weighted by atomic mass is 35.5. The predicted octanol–water partition coefficient (Wildman–Crippen LogP) is 0.714. The van der Waals surface area contributed by atoms with Crippen molar-refractivity contribution in [3.8, 4) is 0 Å². The molecule has 0 aliphatic heterocycles. The van der Waals surface area contributed by atoms with E-state index in [-0.39, 0.29) is 24.9 Å². The molecule has 1 fully saturated rings. The lowest BCUT2D eigenvalue weighted by Crippen LogP contribution is -2.44. The minimum atomic E-state index is -3.19. The molecule has 0 aromatic heterocycles. The largest absolute Gasteiger partial charge is 0.353 e. The molecule has 0 spiro atoms. The number of hydrogen-bond donors (Lipinski definition) is 2. The van der Waals surface area contributed by atoms with Crippen LogP contribution < -0.4 is 11.1 Å². The molecular formula is C13H28ClN3O3S. The molecule has 1 aliphatic carbocycles. The quantitative estimate of drug-likeness (QED) is 0.713. The van der Waals surface area contributed by atoms with E-state index in [1.54, 1.807) is 0 Å². The second-order valence-corrected chi connectivity index (χ2v) is 7.81. The third kappa shape index (κ3) is 7.99. The average molecular weight is 342 g/mol. The van der Waals surface area contributed by atoms with Crippen molar-refractivity contribution >= 4 is 28.3 Å². The zero-order chi connectivity index (χ0) is 15.2. The number of rotatable bonds is 7. The van der Waals surface area contributed by atoms with Crippen molar-refractivity contribution in [2.24, 2.45) is 11.7 Å². The molecule has 0 aromatic carbocycles. The Bertz CT molecular complexity index is 411. The third-order valence-electron chi connectivity index (χ3n) is 3.94. The summed E-state index contributed by atoms with van der Waals surface area (Å²) in [6.45, 7) is 0.557. The maximum absolute atomic E-state index is 11.8. The zero-order valence-corrected chi connectivity index (χ0v) is 14.5. The van der Waals surface area contributed by atoms with E-state index in [9.17, 15) is 13.2 Å². The summed E-state index contributed by atoms with van der Waals surface area (Å²) in [6.07, 6.45) is 7.96. The lowest BCUT2D eigenvalue weighted by molar-refractivity contribution is -0.122. The molecule has 0 aromatic rings. The van der Waals surface area contributed by atoms with Crippen molar-refractivity contribution in [1.29, 1.82) is 0 Å². The first-order chi connectivity index (χ1) is 9.30. The molecule has 6 nitrogen and oxygen atoms in total. The van der Waals surface area contributed by atoms with Crippen LogP contribution in [0.15, 0.2) is 0 Å². The van der Waals surface area contributed by atoms with Crippen molar-refractivity contribution in [3.05, 3.63) is 0 Å². The van der Waals surface area contributed by atoms with Crippen LogP contribution in [0.1, 0.15) is 38.5 Å². The van der Waals surface area contributed by atoms with Crippen molar-refractivity contribution < 1.29 is 13.2 Å². The van der Waals surface area contributed by atoms with E-state index in [2.05, 4.69) is 5.32 Å². The van der Waals surface area contributed by atoms with Crippen LogP contribution in [0.2, 0.25) is 0 Å². The Morgan fingerprint density at radius 1 is 1.33 bits per heavy atom. The van der Waals surface area contributed by atoms with Crippen LogP contribution in [0.3, 0.4) is 0 Å². The van der Waals surface area contributed by atoms with Crippen LogP contribution in [0.4, 0.5) is 0 Å². The SMILES string of the molecule is CN(CCNC(=O)[C@@H](N)CC1CCCCC1)S(C)(=O)=O.Cl. The van der Waals surface area contributed by atoms with Crippen molar-refractivity contribution in [3.63, 3.8) is 0 Å². The molecule has 1 amide bonds. The second kappa shape index (κ2) is 9.61. The molecule has 1 aliphatic rings. The molecule has 0 bridgehead atoms. The molecule has 0 unspecified atom stereocenters. The van der Waals surface area contributed by atoms with Gasteiger partial charge >= 0.3 is 0 Å². The van der Waals surface area contributed by atoms with Crippen LogP contribution in [0, 0.1) is 5.92 Å². The molecule has 0 saturated heterocycles. The summed E-state index contributed by atoms with van der Waals surface area (Å²) < 4.78 is 23.6. The van der Waals surface area contributed by atoms with E-state index < -0.39 is 16.1 Å². The maximum atomic E-state index is 11.8. The van der Waals surface area contributed by atoms with Gasteiger partial charge in [-0.3, -0.25) is 4.79 Å². The number of halogens is 1. The number of amides is 1. The van der Waals surface area contributed by atoms with E-state index in [0.717, 1.165) is 25.5 Å². The summed E-state index contributed by atoms with van der Waals surface area (Å²) in [7, 11) is -1.70. The van der Waals surface area contributed by atoms with E-state index in [0.29, 0.717) is 12.5 Å². The van der Waals surface area contributed by atoms with Gasteiger partial charge in [-0.05, 0) is 12.3 Å². The van der Waals surface area contributed by atoms with Gasteiger partial charge in [0.05, 0.1) is 12.3 Å². The first-order valence-electron chi connectivity index (χ1n) is 7.25. The van der Waals surface area contributed by atoms with Gasteiger partial charge in [0.1, 0.15) is 0 Å². The first-order valence-corrected chi connectivity index (χ1v) is 9.10. The van der Waals surface area contributed by atoms with E-state index in [1.165, 1.54) is 30.6 Å². The number of nitrogens with one attached hydrogen (secondary N) is 1. The third-order valence-corrected chi connectivity index (χ3v) is 5.26. The average Bonchev–Trinajstić information content (AvgIpc) is 2.38. The summed E-state index contributed by atoms with van der Waals surface area (Å²) >= 11 is 0. The second-order valence-electron chi connectivity index (χ2n) is 5.72. The molecule has 21 heavy (non-hydrogen) atoms. The number of nitrogens with two attached hydrogens (primary N) is 1. The summed E-state index contributed by atoms with van der Waals surface area (Å²) in [4.78, 5) is 11.8. The normalized spacial score (nSPS) is 18.1. The van der Waals surface area contributed by atoms with Gasteiger partial charge in [-0.25, -0.2) is 12.7 Å². The summed E-state index contributed by atoms with van der Waals surface area (Å²) in [5, 5.41) is 2.70. The number of hydrogen-bond acceptors (Lipinski definition) is 4. The predicted molar refractivity (Wildman–Crippen MR) is 86.9 cm³/mol. The van der Waals surface area contributed by atoms with Crippen LogP contribution in [-0.4, -0.2) is 51.1 Å². The van der Waals surface area contributed by atoms with E-state index in [1.807, 2.05) is 0 Å². The monoisotopic (exact) mass is 341 g/mol. The Labute approximate surface area is 134 Å². The summed E-state index contributed by atoms with van der Waals surface area (Å²) in [5.74, 6) is 0.376. The molecular weight excluding hydrogens is 314 g/mol. The van der Waals surface area contributed by atoms with Gasteiger partial charge in [-0.2, -0.15) is 0 Å². The lowest BCUT2D eigenvalue weighted by atomic mass is 9.85. The molecule has 0 heterocycles. The number of carbonyl (C=O) groups is 1.